The highest BCUT2D eigenvalue weighted by molar-refractivity contribution is 6.35. The lowest BCUT2D eigenvalue weighted by atomic mass is 10.1. The van der Waals surface area contributed by atoms with Crippen LogP contribution in [0.4, 0.5) is 0 Å². The first-order chi connectivity index (χ1) is 10.5. The zero-order chi connectivity index (χ0) is 15.7. The molecule has 1 unspecified atom stereocenters. The van der Waals surface area contributed by atoms with Crippen molar-refractivity contribution in [2.45, 2.75) is 19.4 Å². The van der Waals surface area contributed by atoms with Crippen LogP contribution in [0, 0.1) is 6.92 Å². The summed E-state index contributed by atoms with van der Waals surface area (Å²) >= 11 is 11.9. The molecular weight excluding hydrogens is 323 g/mol. The van der Waals surface area contributed by atoms with Crippen LogP contribution in [0.15, 0.2) is 30.5 Å². The van der Waals surface area contributed by atoms with Crippen molar-refractivity contribution in [2.75, 3.05) is 6.61 Å². The molecule has 0 spiro atoms. The number of fused-ring (bicyclic) bond motifs is 1. The second-order valence-electron chi connectivity index (χ2n) is 5.16. The van der Waals surface area contributed by atoms with Crippen LogP contribution in [0.1, 0.15) is 22.9 Å². The summed E-state index contributed by atoms with van der Waals surface area (Å²) in [6.07, 6.45) is 1.92. The number of nitrogens with zero attached hydrogens (tertiary/aromatic N) is 1. The summed E-state index contributed by atoms with van der Waals surface area (Å²) in [5, 5.41) is 4.01. The van der Waals surface area contributed by atoms with Gasteiger partial charge in [-0.15, -0.1) is 0 Å². The van der Waals surface area contributed by atoms with Crippen molar-refractivity contribution < 1.29 is 9.53 Å². The number of carbonyl (C=O) groups excluding carboxylic acids is 1. The van der Waals surface area contributed by atoms with Gasteiger partial charge in [-0.1, -0.05) is 29.3 Å². The number of aryl methyl sites for hydroxylation is 1. The van der Waals surface area contributed by atoms with Crippen LogP contribution in [0.3, 0.4) is 0 Å². The molecule has 1 amide bonds. The Labute approximate surface area is 138 Å². The van der Waals surface area contributed by atoms with Crippen LogP contribution in [0.25, 0.3) is 0 Å². The zero-order valence-corrected chi connectivity index (χ0v) is 13.4. The van der Waals surface area contributed by atoms with Gasteiger partial charge >= 0.3 is 0 Å². The number of pyridine rings is 1. The average Bonchev–Trinajstić information content (AvgIpc) is 2.87. The summed E-state index contributed by atoms with van der Waals surface area (Å²) in [7, 11) is 0. The molecule has 1 N–H and O–H groups in total. The molecule has 2 aromatic rings. The summed E-state index contributed by atoms with van der Waals surface area (Å²) in [6, 6.07) is 6.83. The van der Waals surface area contributed by atoms with Crippen LogP contribution in [0.2, 0.25) is 10.0 Å². The highest BCUT2D eigenvalue weighted by atomic mass is 35.5. The van der Waals surface area contributed by atoms with Crippen molar-refractivity contribution in [2.24, 2.45) is 0 Å². The van der Waals surface area contributed by atoms with E-state index in [1.165, 1.54) is 0 Å². The largest absolute Gasteiger partial charge is 0.489 e. The molecule has 3 rings (SSSR count). The van der Waals surface area contributed by atoms with E-state index in [0.717, 1.165) is 22.6 Å². The summed E-state index contributed by atoms with van der Waals surface area (Å²) in [5.41, 5.74) is 2.53. The third-order valence-corrected chi connectivity index (χ3v) is 4.17. The number of hydrogen-bond acceptors (Lipinski definition) is 3. The van der Waals surface area contributed by atoms with E-state index in [2.05, 4.69) is 10.3 Å². The van der Waals surface area contributed by atoms with Gasteiger partial charge in [-0.05, 0) is 30.7 Å². The molecule has 114 valence electrons. The minimum atomic E-state index is -0.157. The van der Waals surface area contributed by atoms with E-state index in [1.54, 1.807) is 24.4 Å². The van der Waals surface area contributed by atoms with E-state index in [-0.39, 0.29) is 18.4 Å². The molecule has 0 fully saturated rings. The SMILES string of the molecule is Cc1nccc2c1OCC2NC(=O)Cc1ccc(Cl)cc1Cl. The third-order valence-electron chi connectivity index (χ3n) is 3.58. The van der Waals surface area contributed by atoms with Gasteiger partial charge in [-0.2, -0.15) is 0 Å². The Kier molecular flexibility index (Phi) is 4.23. The van der Waals surface area contributed by atoms with E-state index in [4.69, 9.17) is 27.9 Å². The van der Waals surface area contributed by atoms with E-state index < -0.39 is 0 Å². The molecule has 0 aliphatic carbocycles. The van der Waals surface area contributed by atoms with E-state index in [9.17, 15) is 4.79 Å². The van der Waals surface area contributed by atoms with Gasteiger partial charge in [0.1, 0.15) is 12.4 Å². The van der Waals surface area contributed by atoms with Gasteiger partial charge in [0.05, 0.1) is 18.2 Å². The number of hydrogen-bond donors (Lipinski definition) is 1. The molecule has 0 bridgehead atoms. The number of carbonyl (C=O) groups is 1. The maximum absolute atomic E-state index is 12.2. The Hall–Kier alpha value is -1.78. The number of aromatic nitrogens is 1. The zero-order valence-electron chi connectivity index (χ0n) is 11.9. The molecule has 4 nitrogen and oxygen atoms in total. The summed E-state index contributed by atoms with van der Waals surface area (Å²) < 4.78 is 5.61. The quantitative estimate of drug-likeness (QED) is 0.933. The minimum Gasteiger partial charge on any atom is -0.489 e. The van der Waals surface area contributed by atoms with Crippen molar-refractivity contribution in [3.05, 3.63) is 57.3 Å². The number of nitrogens with one attached hydrogen (secondary N) is 1. The second kappa shape index (κ2) is 6.15. The van der Waals surface area contributed by atoms with Crippen LogP contribution in [0.5, 0.6) is 5.75 Å². The smallest absolute Gasteiger partial charge is 0.225 e. The molecule has 1 aliphatic rings. The molecule has 22 heavy (non-hydrogen) atoms. The van der Waals surface area contributed by atoms with Gasteiger partial charge in [-0.3, -0.25) is 9.78 Å². The lowest BCUT2D eigenvalue weighted by molar-refractivity contribution is -0.121. The maximum atomic E-state index is 12.2. The molecule has 0 saturated heterocycles. The van der Waals surface area contributed by atoms with Gasteiger partial charge in [0.25, 0.3) is 0 Å². The fraction of sp³-hybridized carbons (Fsp3) is 0.250. The van der Waals surface area contributed by atoms with Crippen molar-refractivity contribution in [3.8, 4) is 5.75 Å². The van der Waals surface area contributed by atoms with Crippen molar-refractivity contribution in [3.63, 3.8) is 0 Å². The van der Waals surface area contributed by atoms with E-state index in [1.807, 2.05) is 13.0 Å². The lowest BCUT2D eigenvalue weighted by Gasteiger charge is -2.12. The van der Waals surface area contributed by atoms with Crippen LogP contribution >= 0.6 is 23.2 Å². The number of amides is 1. The number of benzene rings is 1. The van der Waals surface area contributed by atoms with Gasteiger partial charge < -0.3 is 10.1 Å². The van der Waals surface area contributed by atoms with Crippen molar-refractivity contribution in [1.29, 1.82) is 0 Å². The van der Waals surface area contributed by atoms with Gasteiger partial charge in [0, 0.05) is 21.8 Å². The standard InChI is InChI=1S/C16H14Cl2N2O2/c1-9-16-12(4-5-19-9)14(8-22-16)20-15(21)6-10-2-3-11(17)7-13(10)18/h2-5,7,14H,6,8H2,1H3,(H,20,21). The Balaban J connectivity index is 1.70. The predicted molar refractivity (Wildman–Crippen MR) is 85.5 cm³/mol. The molecule has 1 aromatic heterocycles. The van der Waals surface area contributed by atoms with Crippen LogP contribution in [-0.4, -0.2) is 17.5 Å². The van der Waals surface area contributed by atoms with E-state index in [0.29, 0.717) is 16.7 Å². The Bertz CT molecular complexity index is 734. The molecule has 0 radical (unpaired) electrons. The van der Waals surface area contributed by atoms with Crippen molar-refractivity contribution >= 4 is 29.1 Å². The number of halogens is 2. The second-order valence-corrected chi connectivity index (χ2v) is 6.00. The summed E-state index contributed by atoms with van der Waals surface area (Å²) in [5.74, 6) is 0.650. The lowest BCUT2D eigenvalue weighted by Crippen LogP contribution is -2.30. The highest BCUT2D eigenvalue weighted by Crippen LogP contribution is 2.33. The normalized spacial score (nSPS) is 16.0. The first-order valence-corrected chi connectivity index (χ1v) is 7.62. The first kappa shape index (κ1) is 15.1. The van der Waals surface area contributed by atoms with Gasteiger partial charge in [0.2, 0.25) is 5.91 Å². The first-order valence-electron chi connectivity index (χ1n) is 6.86. The fourth-order valence-corrected chi connectivity index (χ4v) is 2.97. The van der Waals surface area contributed by atoms with E-state index >= 15 is 0 Å². The van der Waals surface area contributed by atoms with Crippen LogP contribution < -0.4 is 10.1 Å². The topological polar surface area (TPSA) is 51.2 Å². The molecule has 0 saturated carbocycles. The predicted octanol–water partition coefficient (Wildman–Crippen LogP) is 3.49. The monoisotopic (exact) mass is 336 g/mol. The summed E-state index contributed by atoms with van der Waals surface area (Å²) in [6.45, 7) is 2.30. The Morgan fingerprint density at radius 1 is 1.41 bits per heavy atom. The van der Waals surface area contributed by atoms with Gasteiger partial charge in [-0.25, -0.2) is 0 Å². The minimum absolute atomic E-state index is 0.111. The number of ether oxygens (including phenoxy) is 1. The molecule has 1 aromatic carbocycles. The Morgan fingerprint density at radius 3 is 3.00 bits per heavy atom. The highest BCUT2D eigenvalue weighted by Gasteiger charge is 2.27. The fourth-order valence-electron chi connectivity index (χ4n) is 2.49. The molecule has 1 aliphatic heterocycles. The number of rotatable bonds is 3. The van der Waals surface area contributed by atoms with Crippen molar-refractivity contribution in [1.82, 2.24) is 10.3 Å². The third kappa shape index (κ3) is 3.03. The molecule has 6 heteroatoms. The summed E-state index contributed by atoms with van der Waals surface area (Å²) in [4.78, 5) is 16.4. The van der Waals surface area contributed by atoms with Crippen LogP contribution in [-0.2, 0) is 11.2 Å². The molecule has 2 heterocycles. The van der Waals surface area contributed by atoms with Gasteiger partial charge in [0.15, 0.2) is 0 Å². The molecular formula is C16H14Cl2N2O2. The Morgan fingerprint density at radius 2 is 2.23 bits per heavy atom. The maximum Gasteiger partial charge on any atom is 0.225 e. The molecule has 1 atom stereocenters. The average molecular weight is 337 g/mol.